The SMILES string of the molecule is CCC(CC)[C@@H](O)[C@@H]1CCCC[C@@H]1O. The fraction of sp³-hybridized carbons (Fsp3) is 1.00. The monoisotopic (exact) mass is 200 g/mol. The minimum atomic E-state index is -0.291. The summed E-state index contributed by atoms with van der Waals surface area (Å²) in [6, 6.07) is 0. The van der Waals surface area contributed by atoms with Gasteiger partial charge in [-0.05, 0) is 18.8 Å². The average molecular weight is 200 g/mol. The van der Waals surface area contributed by atoms with Crippen LogP contribution in [-0.4, -0.2) is 22.4 Å². The molecule has 1 aliphatic rings. The van der Waals surface area contributed by atoms with Gasteiger partial charge in [-0.25, -0.2) is 0 Å². The molecule has 0 amide bonds. The third-order valence-corrected chi connectivity index (χ3v) is 3.75. The predicted molar refractivity (Wildman–Crippen MR) is 58.0 cm³/mol. The molecular weight excluding hydrogens is 176 g/mol. The van der Waals surface area contributed by atoms with Gasteiger partial charge in [-0.15, -0.1) is 0 Å². The van der Waals surface area contributed by atoms with Gasteiger partial charge in [0.2, 0.25) is 0 Å². The quantitative estimate of drug-likeness (QED) is 0.731. The largest absolute Gasteiger partial charge is 0.393 e. The molecule has 1 fully saturated rings. The Labute approximate surface area is 87.3 Å². The Kier molecular flexibility index (Phi) is 4.90. The van der Waals surface area contributed by atoms with Crippen LogP contribution in [-0.2, 0) is 0 Å². The highest BCUT2D eigenvalue weighted by molar-refractivity contribution is 4.83. The van der Waals surface area contributed by atoms with Crippen molar-refractivity contribution in [2.24, 2.45) is 11.8 Å². The van der Waals surface area contributed by atoms with Crippen LogP contribution in [0.2, 0.25) is 0 Å². The standard InChI is InChI=1S/C12H24O2/c1-3-9(4-2)12(14)10-7-5-6-8-11(10)13/h9-14H,3-8H2,1-2H3/t10-,11+,12-/m1/s1. The van der Waals surface area contributed by atoms with Crippen LogP contribution in [0.25, 0.3) is 0 Å². The van der Waals surface area contributed by atoms with E-state index in [0.717, 1.165) is 32.1 Å². The highest BCUT2D eigenvalue weighted by Crippen LogP contribution is 2.31. The van der Waals surface area contributed by atoms with Crippen LogP contribution in [0.4, 0.5) is 0 Å². The van der Waals surface area contributed by atoms with Crippen LogP contribution in [0.5, 0.6) is 0 Å². The number of rotatable bonds is 4. The fourth-order valence-corrected chi connectivity index (χ4v) is 2.66. The van der Waals surface area contributed by atoms with Crippen molar-refractivity contribution in [1.29, 1.82) is 0 Å². The normalized spacial score (nSPS) is 30.6. The minimum Gasteiger partial charge on any atom is -0.393 e. The Morgan fingerprint density at radius 2 is 1.71 bits per heavy atom. The maximum atomic E-state index is 10.1. The van der Waals surface area contributed by atoms with Gasteiger partial charge in [0.25, 0.3) is 0 Å². The zero-order valence-electron chi connectivity index (χ0n) is 9.45. The molecular formula is C12H24O2. The van der Waals surface area contributed by atoms with E-state index < -0.39 is 0 Å². The molecule has 1 aliphatic carbocycles. The first kappa shape index (κ1) is 12.0. The molecule has 1 rings (SSSR count). The molecule has 2 heteroatoms. The first-order valence-corrected chi connectivity index (χ1v) is 6.06. The van der Waals surface area contributed by atoms with Crippen LogP contribution in [0.3, 0.4) is 0 Å². The molecule has 0 aromatic rings. The second kappa shape index (κ2) is 5.72. The first-order valence-electron chi connectivity index (χ1n) is 6.06. The highest BCUT2D eigenvalue weighted by atomic mass is 16.3. The number of aliphatic hydroxyl groups is 2. The van der Waals surface area contributed by atoms with E-state index in [2.05, 4.69) is 13.8 Å². The molecule has 0 aromatic heterocycles. The molecule has 0 aromatic carbocycles. The number of hydrogen-bond acceptors (Lipinski definition) is 2. The Morgan fingerprint density at radius 1 is 1.14 bits per heavy atom. The summed E-state index contributed by atoms with van der Waals surface area (Å²) < 4.78 is 0. The lowest BCUT2D eigenvalue weighted by atomic mass is 9.77. The third kappa shape index (κ3) is 2.71. The van der Waals surface area contributed by atoms with Gasteiger partial charge < -0.3 is 10.2 Å². The van der Waals surface area contributed by atoms with Crippen LogP contribution in [0.15, 0.2) is 0 Å². The van der Waals surface area contributed by atoms with E-state index in [-0.39, 0.29) is 18.1 Å². The summed E-state index contributed by atoms with van der Waals surface area (Å²) in [6.07, 6.45) is 5.63. The van der Waals surface area contributed by atoms with Crippen molar-refractivity contribution in [2.75, 3.05) is 0 Å². The van der Waals surface area contributed by atoms with Crippen LogP contribution < -0.4 is 0 Å². The van der Waals surface area contributed by atoms with Crippen molar-refractivity contribution in [3.63, 3.8) is 0 Å². The van der Waals surface area contributed by atoms with Gasteiger partial charge in [-0.1, -0.05) is 39.5 Å². The first-order chi connectivity index (χ1) is 6.70. The molecule has 0 unspecified atom stereocenters. The molecule has 2 N–H and O–H groups in total. The molecule has 2 nitrogen and oxygen atoms in total. The lowest BCUT2D eigenvalue weighted by Crippen LogP contribution is -2.38. The van der Waals surface area contributed by atoms with E-state index in [0.29, 0.717) is 5.92 Å². The summed E-state index contributed by atoms with van der Waals surface area (Å²) in [5.41, 5.74) is 0. The molecule has 0 radical (unpaired) electrons. The Hall–Kier alpha value is -0.0800. The Morgan fingerprint density at radius 3 is 2.21 bits per heavy atom. The van der Waals surface area contributed by atoms with Crippen LogP contribution in [0.1, 0.15) is 52.4 Å². The van der Waals surface area contributed by atoms with E-state index in [1.165, 1.54) is 6.42 Å². The Bertz CT molecular complexity index is 154. The second-order valence-corrected chi connectivity index (χ2v) is 4.58. The van der Waals surface area contributed by atoms with E-state index in [1.54, 1.807) is 0 Å². The van der Waals surface area contributed by atoms with Gasteiger partial charge in [-0.2, -0.15) is 0 Å². The summed E-state index contributed by atoms with van der Waals surface area (Å²) in [6.45, 7) is 4.24. The van der Waals surface area contributed by atoms with E-state index in [4.69, 9.17) is 0 Å². The van der Waals surface area contributed by atoms with E-state index in [1.807, 2.05) is 0 Å². The number of hydrogen-bond donors (Lipinski definition) is 2. The summed E-state index contributed by atoms with van der Waals surface area (Å²) >= 11 is 0. The second-order valence-electron chi connectivity index (χ2n) is 4.58. The van der Waals surface area contributed by atoms with Gasteiger partial charge >= 0.3 is 0 Å². The summed E-state index contributed by atoms with van der Waals surface area (Å²) in [5.74, 6) is 0.501. The minimum absolute atomic E-state index is 0.133. The lowest BCUT2D eigenvalue weighted by Gasteiger charge is -2.35. The van der Waals surface area contributed by atoms with E-state index in [9.17, 15) is 10.2 Å². The Balaban J connectivity index is 2.52. The average Bonchev–Trinajstić information content (AvgIpc) is 2.20. The molecule has 3 atom stereocenters. The maximum Gasteiger partial charge on any atom is 0.0620 e. The molecule has 0 heterocycles. The molecule has 14 heavy (non-hydrogen) atoms. The van der Waals surface area contributed by atoms with Crippen molar-refractivity contribution in [3.05, 3.63) is 0 Å². The van der Waals surface area contributed by atoms with Crippen molar-refractivity contribution in [3.8, 4) is 0 Å². The zero-order valence-corrected chi connectivity index (χ0v) is 9.45. The highest BCUT2D eigenvalue weighted by Gasteiger charge is 2.32. The zero-order chi connectivity index (χ0) is 10.6. The van der Waals surface area contributed by atoms with Gasteiger partial charge in [0.05, 0.1) is 12.2 Å². The van der Waals surface area contributed by atoms with Crippen molar-refractivity contribution in [1.82, 2.24) is 0 Å². The van der Waals surface area contributed by atoms with Crippen molar-refractivity contribution < 1.29 is 10.2 Å². The van der Waals surface area contributed by atoms with Gasteiger partial charge in [-0.3, -0.25) is 0 Å². The topological polar surface area (TPSA) is 40.5 Å². The molecule has 84 valence electrons. The summed E-state index contributed by atoms with van der Waals surface area (Å²) in [4.78, 5) is 0. The maximum absolute atomic E-state index is 10.1. The molecule has 0 aliphatic heterocycles. The summed E-state index contributed by atoms with van der Waals surface area (Å²) in [5, 5.41) is 20.0. The fourth-order valence-electron chi connectivity index (χ4n) is 2.66. The molecule has 0 saturated heterocycles. The van der Waals surface area contributed by atoms with Crippen LogP contribution in [0, 0.1) is 11.8 Å². The molecule has 0 spiro atoms. The molecule has 0 bridgehead atoms. The van der Waals surface area contributed by atoms with E-state index >= 15 is 0 Å². The van der Waals surface area contributed by atoms with Gasteiger partial charge in [0.1, 0.15) is 0 Å². The van der Waals surface area contributed by atoms with Crippen LogP contribution >= 0.6 is 0 Å². The molecule has 1 saturated carbocycles. The smallest absolute Gasteiger partial charge is 0.0620 e. The van der Waals surface area contributed by atoms with Crippen molar-refractivity contribution >= 4 is 0 Å². The van der Waals surface area contributed by atoms with Crippen molar-refractivity contribution in [2.45, 2.75) is 64.6 Å². The third-order valence-electron chi connectivity index (χ3n) is 3.75. The predicted octanol–water partition coefficient (Wildman–Crippen LogP) is 2.33. The lowest BCUT2D eigenvalue weighted by molar-refractivity contribution is -0.0404. The summed E-state index contributed by atoms with van der Waals surface area (Å²) in [7, 11) is 0. The number of aliphatic hydroxyl groups excluding tert-OH is 2. The van der Waals surface area contributed by atoms with Gasteiger partial charge in [0.15, 0.2) is 0 Å². The van der Waals surface area contributed by atoms with Gasteiger partial charge in [0, 0.05) is 5.92 Å².